The number of aliphatic hydroxyl groups excluding tert-OH is 1. The molecule has 172 valence electrons. The van der Waals surface area contributed by atoms with Crippen LogP contribution in [0.5, 0.6) is 0 Å². The molecular formula is C19H33N3O8. The van der Waals surface area contributed by atoms with Gasteiger partial charge in [0.1, 0.15) is 11.4 Å². The van der Waals surface area contributed by atoms with E-state index in [1.807, 2.05) is 0 Å². The highest BCUT2D eigenvalue weighted by atomic mass is 16.6. The van der Waals surface area contributed by atoms with Gasteiger partial charge < -0.3 is 34.7 Å². The number of ether oxygens (including phenoxy) is 4. The van der Waals surface area contributed by atoms with Crippen LogP contribution in [0.4, 0.5) is 4.79 Å². The first-order valence-corrected chi connectivity index (χ1v) is 9.34. The van der Waals surface area contributed by atoms with Crippen molar-refractivity contribution < 1.29 is 38.4 Å². The van der Waals surface area contributed by atoms with Crippen LogP contribution in [0.15, 0.2) is 16.8 Å². The highest BCUT2D eigenvalue weighted by Crippen LogP contribution is 2.14. The molecule has 0 bridgehead atoms. The smallest absolute Gasteiger partial charge is 0.410 e. The van der Waals surface area contributed by atoms with E-state index in [9.17, 15) is 14.4 Å². The first-order chi connectivity index (χ1) is 14.0. The topological polar surface area (TPSA) is 150 Å². The average Bonchev–Trinajstić information content (AvgIpc) is 2.67. The van der Waals surface area contributed by atoms with Crippen LogP contribution in [0.3, 0.4) is 0 Å². The lowest BCUT2D eigenvalue weighted by Gasteiger charge is -2.30. The molecule has 0 aromatic heterocycles. The number of amidine groups is 1. The van der Waals surface area contributed by atoms with Gasteiger partial charge in [-0.1, -0.05) is 0 Å². The second-order valence-electron chi connectivity index (χ2n) is 7.21. The molecule has 0 aliphatic heterocycles. The Morgan fingerprint density at radius 3 is 2.30 bits per heavy atom. The van der Waals surface area contributed by atoms with Crippen molar-refractivity contribution in [1.82, 2.24) is 4.90 Å². The first kappa shape index (κ1) is 27.2. The minimum absolute atomic E-state index is 0.00381. The summed E-state index contributed by atoms with van der Waals surface area (Å²) >= 11 is 0. The summed E-state index contributed by atoms with van der Waals surface area (Å²) in [5, 5.41) is 9.01. The number of likely N-dealkylation sites (N-methyl/N-ethyl adjacent to an activating group) is 1. The summed E-state index contributed by atoms with van der Waals surface area (Å²) in [5.41, 5.74) is 5.37. The summed E-state index contributed by atoms with van der Waals surface area (Å²) in [4.78, 5) is 40.8. The lowest BCUT2D eigenvalue weighted by atomic mass is 10.1. The lowest BCUT2D eigenvalue weighted by Crippen LogP contribution is -2.47. The maximum absolute atomic E-state index is 12.4. The monoisotopic (exact) mass is 431 g/mol. The Morgan fingerprint density at radius 1 is 1.17 bits per heavy atom. The number of carbonyl (C=O) groups is 3. The molecule has 11 heteroatoms. The quantitative estimate of drug-likeness (QED) is 0.0926. The number of hydrogen-bond acceptors (Lipinski definition) is 9. The number of aliphatic imine (C=N–C) groups is 1. The standard InChI is InChI=1S/C19H33N3O8/c1-19(2,3)30-18(26)22(4)13(9-7-8-10-23)16(20)21-12-29-14(17(25)28-6)11-15(24)27-5/h11,13,23H,7-10,12H2,1-6H3,(H2,20,21). The largest absolute Gasteiger partial charge is 0.466 e. The zero-order valence-corrected chi connectivity index (χ0v) is 18.5. The Kier molecular flexibility index (Phi) is 12.2. The van der Waals surface area contributed by atoms with E-state index in [1.165, 1.54) is 11.9 Å². The van der Waals surface area contributed by atoms with Crippen molar-refractivity contribution in [3.05, 3.63) is 11.8 Å². The van der Waals surface area contributed by atoms with Crippen molar-refractivity contribution in [2.24, 2.45) is 10.7 Å². The Balaban J connectivity index is 5.36. The lowest BCUT2D eigenvalue weighted by molar-refractivity contribution is -0.142. The van der Waals surface area contributed by atoms with Gasteiger partial charge in [0.15, 0.2) is 6.73 Å². The van der Waals surface area contributed by atoms with Crippen LogP contribution >= 0.6 is 0 Å². The van der Waals surface area contributed by atoms with Crippen LogP contribution in [0, 0.1) is 0 Å². The normalized spacial score (nSPS) is 13.3. The highest BCUT2D eigenvalue weighted by Gasteiger charge is 2.27. The van der Waals surface area contributed by atoms with Gasteiger partial charge >= 0.3 is 18.0 Å². The molecule has 0 fully saturated rings. The third-order valence-electron chi connectivity index (χ3n) is 3.68. The fraction of sp³-hybridized carbons (Fsp3) is 0.684. The van der Waals surface area contributed by atoms with E-state index in [2.05, 4.69) is 14.5 Å². The molecule has 0 heterocycles. The summed E-state index contributed by atoms with van der Waals surface area (Å²) in [5.74, 6) is -2.04. The number of esters is 2. The van der Waals surface area contributed by atoms with E-state index in [0.717, 1.165) is 20.3 Å². The van der Waals surface area contributed by atoms with Crippen molar-refractivity contribution in [1.29, 1.82) is 0 Å². The van der Waals surface area contributed by atoms with E-state index < -0.39 is 42.2 Å². The zero-order chi connectivity index (χ0) is 23.3. The predicted octanol–water partition coefficient (Wildman–Crippen LogP) is 0.946. The molecule has 0 aromatic carbocycles. The van der Waals surface area contributed by atoms with Crippen LogP contribution in [0.1, 0.15) is 40.0 Å². The van der Waals surface area contributed by atoms with E-state index in [0.29, 0.717) is 19.3 Å². The molecule has 11 nitrogen and oxygen atoms in total. The number of hydrogen-bond donors (Lipinski definition) is 2. The zero-order valence-electron chi connectivity index (χ0n) is 18.5. The van der Waals surface area contributed by atoms with Crippen LogP contribution in [0.25, 0.3) is 0 Å². The van der Waals surface area contributed by atoms with Crippen LogP contribution < -0.4 is 5.73 Å². The summed E-state index contributed by atoms with van der Waals surface area (Å²) in [6.45, 7) is 4.83. The van der Waals surface area contributed by atoms with Crippen molar-refractivity contribution in [2.45, 2.75) is 51.7 Å². The molecule has 30 heavy (non-hydrogen) atoms. The van der Waals surface area contributed by atoms with Gasteiger partial charge in [0.2, 0.25) is 5.76 Å². The first-order valence-electron chi connectivity index (χ1n) is 9.34. The number of carbonyl (C=O) groups excluding carboxylic acids is 3. The van der Waals surface area contributed by atoms with Gasteiger partial charge in [0.25, 0.3) is 0 Å². The molecule has 0 aliphatic carbocycles. The van der Waals surface area contributed by atoms with Gasteiger partial charge in [0.05, 0.1) is 26.3 Å². The minimum atomic E-state index is -0.889. The maximum atomic E-state index is 12.4. The van der Waals surface area contributed by atoms with E-state index >= 15 is 0 Å². The Labute approximate surface area is 176 Å². The van der Waals surface area contributed by atoms with E-state index in [-0.39, 0.29) is 12.4 Å². The molecule has 0 aromatic rings. The molecular weight excluding hydrogens is 398 g/mol. The molecule has 0 spiro atoms. The molecule has 1 amide bonds. The fourth-order valence-electron chi connectivity index (χ4n) is 2.16. The van der Waals surface area contributed by atoms with E-state index in [4.69, 9.17) is 20.3 Å². The van der Waals surface area contributed by atoms with Gasteiger partial charge in [-0.15, -0.1) is 0 Å². The Morgan fingerprint density at radius 2 is 1.80 bits per heavy atom. The molecule has 0 saturated carbocycles. The Bertz CT molecular complexity index is 640. The maximum Gasteiger partial charge on any atom is 0.410 e. The number of unbranched alkanes of at least 4 members (excludes halogenated alkanes) is 1. The van der Waals surface area contributed by atoms with Crippen LogP contribution in [-0.4, -0.2) is 80.1 Å². The van der Waals surface area contributed by atoms with Gasteiger partial charge in [-0.05, 0) is 40.0 Å². The van der Waals surface area contributed by atoms with Gasteiger partial charge in [-0.25, -0.2) is 19.4 Å². The van der Waals surface area contributed by atoms with Gasteiger partial charge in [-0.3, -0.25) is 0 Å². The number of methoxy groups -OCH3 is 2. The third kappa shape index (κ3) is 10.6. The summed E-state index contributed by atoms with van der Waals surface area (Å²) < 4.78 is 19.5. The summed E-state index contributed by atoms with van der Waals surface area (Å²) in [6, 6.07) is -0.624. The summed E-state index contributed by atoms with van der Waals surface area (Å²) in [6.07, 6.45) is 1.77. The van der Waals surface area contributed by atoms with Gasteiger partial charge in [0, 0.05) is 13.7 Å². The SMILES string of the molecule is COC(=O)C=C(OC/N=C(\N)C(CCCCO)N(C)C(=O)OC(C)(C)C)C(=O)OC. The fourth-order valence-corrected chi connectivity index (χ4v) is 2.16. The predicted molar refractivity (Wildman–Crippen MR) is 108 cm³/mol. The summed E-state index contributed by atoms with van der Waals surface area (Å²) in [7, 11) is 3.80. The second-order valence-corrected chi connectivity index (χ2v) is 7.21. The third-order valence-corrected chi connectivity index (χ3v) is 3.68. The molecule has 3 N–H and O–H groups in total. The number of amides is 1. The van der Waals surface area contributed by atoms with Crippen molar-refractivity contribution in [2.75, 3.05) is 34.6 Å². The number of aliphatic hydroxyl groups is 1. The van der Waals surface area contributed by atoms with Crippen molar-refractivity contribution in [3.8, 4) is 0 Å². The Hall–Kier alpha value is -2.82. The van der Waals surface area contributed by atoms with Crippen molar-refractivity contribution in [3.63, 3.8) is 0 Å². The number of nitrogens with zero attached hydrogens (tertiary/aromatic N) is 2. The number of rotatable bonds is 11. The van der Waals surface area contributed by atoms with Crippen LogP contribution in [-0.2, 0) is 28.5 Å². The molecule has 0 rings (SSSR count). The van der Waals surface area contributed by atoms with Crippen molar-refractivity contribution >= 4 is 23.9 Å². The molecule has 0 saturated heterocycles. The van der Waals surface area contributed by atoms with Crippen LogP contribution in [0.2, 0.25) is 0 Å². The molecule has 0 aliphatic rings. The number of nitrogens with two attached hydrogens (primary N) is 1. The molecule has 1 unspecified atom stereocenters. The average molecular weight is 431 g/mol. The second kappa shape index (κ2) is 13.4. The van der Waals surface area contributed by atoms with E-state index in [1.54, 1.807) is 20.8 Å². The molecule has 0 radical (unpaired) electrons. The molecule has 1 atom stereocenters. The highest BCUT2D eigenvalue weighted by molar-refractivity contribution is 5.94. The minimum Gasteiger partial charge on any atom is -0.466 e. The van der Waals surface area contributed by atoms with Gasteiger partial charge in [-0.2, -0.15) is 0 Å².